The molecule has 180 valence electrons. The van der Waals surface area contributed by atoms with E-state index in [-0.39, 0.29) is 33.4 Å². The summed E-state index contributed by atoms with van der Waals surface area (Å²) < 4.78 is 39.2. The van der Waals surface area contributed by atoms with Crippen LogP contribution in [0.15, 0.2) is 60.2 Å². The Labute approximate surface area is 203 Å². The first-order valence-corrected chi connectivity index (χ1v) is 10.5. The van der Waals surface area contributed by atoms with Crippen LogP contribution < -0.4 is 14.4 Å². The number of hydrogen-bond donors (Lipinski definition) is 2. The number of ether oxygens (including phenoxy) is 2. The van der Waals surface area contributed by atoms with Crippen molar-refractivity contribution >= 4 is 34.7 Å². The molecule has 0 radical (unpaired) electrons. The molecule has 35 heavy (non-hydrogen) atoms. The van der Waals surface area contributed by atoms with Gasteiger partial charge in [0.25, 0.3) is 11.7 Å². The zero-order chi connectivity index (χ0) is 25.4. The summed E-state index contributed by atoms with van der Waals surface area (Å²) >= 11 is 6.21. The minimum Gasteiger partial charge on any atom is -0.508 e. The van der Waals surface area contributed by atoms with E-state index in [9.17, 15) is 28.6 Å². The van der Waals surface area contributed by atoms with Crippen molar-refractivity contribution in [2.75, 3.05) is 19.1 Å². The number of ketones is 1. The second-order valence-corrected chi connectivity index (χ2v) is 7.95. The monoisotopic (exact) mass is 501 g/mol. The molecule has 1 aliphatic heterocycles. The first-order chi connectivity index (χ1) is 16.7. The molecule has 4 rings (SSSR count). The summed E-state index contributed by atoms with van der Waals surface area (Å²) in [4.78, 5) is 27.0. The van der Waals surface area contributed by atoms with Crippen LogP contribution in [0, 0.1) is 11.6 Å². The minimum absolute atomic E-state index is 0.0280. The minimum atomic E-state index is -1.36. The lowest BCUT2D eigenvalue weighted by atomic mass is 9.94. The molecule has 1 saturated heterocycles. The molecule has 3 aromatic rings. The molecule has 1 atom stereocenters. The number of aliphatic hydroxyl groups is 1. The molecule has 1 heterocycles. The van der Waals surface area contributed by atoms with Crippen molar-refractivity contribution in [2.45, 2.75) is 6.04 Å². The lowest BCUT2D eigenvalue weighted by Crippen LogP contribution is -2.30. The number of hydrogen-bond acceptors (Lipinski definition) is 6. The van der Waals surface area contributed by atoms with Gasteiger partial charge in [0.2, 0.25) is 0 Å². The van der Waals surface area contributed by atoms with E-state index in [1.165, 1.54) is 50.6 Å². The molecule has 1 amide bonds. The van der Waals surface area contributed by atoms with Gasteiger partial charge in [0.1, 0.15) is 34.6 Å². The number of anilines is 1. The van der Waals surface area contributed by atoms with Crippen LogP contribution in [0.2, 0.25) is 5.02 Å². The zero-order valence-corrected chi connectivity index (χ0v) is 19.1. The van der Waals surface area contributed by atoms with E-state index in [4.69, 9.17) is 21.1 Å². The highest BCUT2D eigenvalue weighted by Gasteiger charge is 2.48. The number of carbonyl (C=O) groups excluding carboxylic acids is 2. The first kappa shape index (κ1) is 24.0. The Bertz CT molecular complexity index is 1370. The van der Waals surface area contributed by atoms with Gasteiger partial charge in [-0.3, -0.25) is 14.5 Å². The van der Waals surface area contributed by atoms with Crippen LogP contribution in [0.5, 0.6) is 17.2 Å². The Morgan fingerprint density at radius 1 is 0.971 bits per heavy atom. The third-order valence-corrected chi connectivity index (χ3v) is 5.85. The highest BCUT2D eigenvalue weighted by molar-refractivity contribution is 6.51. The lowest BCUT2D eigenvalue weighted by Gasteiger charge is -2.26. The van der Waals surface area contributed by atoms with Crippen molar-refractivity contribution in [1.82, 2.24) is 0 Å². The van der Waals surface area contributed by atoms with Gasteiger partial charge in [0, 0.05) is 12.1 Å². The molecule has 1 fully saturated rings. The van der Waals surface area contributed by atoms with Gasteiger partial charge in [0.05, 0.1) is 42.1 Å². The number of benzene rings is 3. The van der Waals surface area contributed by atoms with Gasteiger partial charge in [-0.2, -0.15) is 0 Å². The number of phenols is 1. The van der Waals surface area contributed by atoms with Crippen molar-refractivity contribution in [2.24, 2.45) is 0 Å². The summed E-state index contributed by atoms with van der Waals surface area (Å²) in [7, 11) is 2.70. The number of phenolic OH excluding ortho intramolecular Hbond substituents is 1. The second-order valence-electron chi connectivity index (χ2n) is 7.54. The van der Waals surface area contributed by atoms with Gasteiger partial charge in [-0.15, -0.1) is 0 Å². The number of aliphatic hydroxyl groups excluding tert-OH is 1. The van der Waals surface area contributed by atoms with Gasteiger partial charge in [-0.1, -0.05) is 23.7 Å². The van der Waals surface area contributed by atoms with Crippen LogP contribution in [0.1, 0.15) is 17.2 Å². The van der Waals surface area contributed by atoms with Crippen LogP contribution in [-0.4, -0.2) is 36.1 Å². The summed E-state index contributed by atoms with van der Waals surface area (Å²) in [6.45, 7) is 0. The molecule has 1 unspecified atom stereocenters. The highest BCUT2D eigenvalue weighted by Crippen LogP contribution is 2.45. The van der Waals surface area contributed by atoms with Crippen LogP contribution >= 0.6 is 11.6 Å². The van der Waals surface area contributed by atoms with Crippen LogP contribution in [-0.2, 0) is 9.59 Å². The van der Waals surface area contributed by atoms with E-state index < -0.39 is 46.4 Å². The molecular weight excluding hydrogens is 484 g/mol. The number of carbonyl (C=O) groups is 2. The fourth-order valence-corrected chi connectivity index (χ4v) is 4.15. The van der Waals surface area contributed by atoms with Gasteiger partial charge in [-0.25, -0.2) is 8.78 Å². The van der Waals surface area contributed by atoms with E-state index >= 15 is 0 Å². The maximum absolute atomic E-state index is 14.7. The second kappa shape index (κ2) is 9.27. The topological polar surface area (TPSA) is 96.3 Å². The summed E-state index contributed by atoms with van der Waals surface area (Å²) in [6.07, 6.45) is 0. The number of Topliss-reactive ketones (excluding diaryl/α,β-unsaturated/α-hetero) is 1. The predicted molar refractivity (Wildman–Crippen MR) is 124 cm³/mol. The number of nitrogens with zero attached hydrogens (tertiary/aromatic N) is 1. The molecule has 2 N–H and O–H groups in total. The fourth-order valence-electron chi connectivity index (χ4n) is 3.91. The van der Waals surface area contributed by atoms with Gasteiger partial charge >= 0.3 is 0 Å². The molecule has 0 spiro atoms. The van der Waals surface area contributed by atoms with E-state index in [0.29, 0.717) is 0 Å². The van der Waals surface area contributed by atoms with Gasteiger partial charge in [-0.05, 0) is 35.9 Å². The number of aromatic hydroxyl groups is 1. The Balaban J connectivity index is 2.02. The summed E-state index contributed by atoms with van der Waals surface area (Å²) in [5.74, 6) is -4.56. The zero-order valence-electron chi connectivity index (χ0n) is 18.4. The number of halogens is 3. The van der Waals surface area contributed by atoms with Gasteiger partial charge in [0.15, 0.2) is 0 Å². The lowest BCUT2D eigenvalue weighted by molar-refractivity contribution is -0.132. The largest absolute Gasteiger partial charge is 0.508 e. The molecule has 7 nitrogen and oxygen atoms in total. The van der Waals surface area contributed by atoms with Crippen LogP contribution in [0.4, 0.5) is 14.5 Å². The molecular formula is C25H18ClF2NO6. The molecule has 3 aromatic carbocycles. The molecule has 10 heteroatoms. The Kier molecular flexibility index (Phi) is 6.36. The van der Waals surface area contributed by atoms with E-state index in [1.807, 2.05) is 0 Å². The maximum Gasteiger partial charge on any atom is 0.300 e. The standard InChI is InChI=1S/C25H18ClF2NO6/c1-34-19-11-20(35-2)16(26)10-15(19)23(31)21-22(12-3-6-14(30)7-4-12)29(25(33)24(21)32)18-9-13(27)5-8-17(18)28/h3-11,22,30-31H,1-2H3/b23-21+. The van der Waals surface area contributed by atoms with E-state index in [1.54, 1.807) is 0 Å². The maximum atomic E-state index is 14.7. The Hall–Kier alpha value is -4.11. The number of rotatable bonds is 5. The summed E-state index contributed by atoms with van der Waals surface area (Å²) in [6, 6.07) is 9.15. The summed E-state index contributed by atoms with van der Waals surface area (Å²) in [5, 5.41) is 21.1. The van der Waals surface area contributed by atoms with Crippen LogP contribution in [0.3, 0.4) is 0 Å². The van der Waals surface area contributed by atoms with E-state index in [2.05, 4.69) is 0 Å². The fraction of sp³-hybridized carbons (Fsp3) is 0.120. The first-order valence-electron chi connectivity index (χ1n) is 10.1. The average molecular weight is 502 g/mol. The molecule has 0 bridgehead atoms. The van der Waals surface area contributed by atoms with Crippen molar-refractivity contribution in [1.29, 1.82) is 0 Å². The third kappa shape index (κ3) is 4.15. The smallest absolute Gasteiger partial charge is 0.300 e. The number of methoxy groups -OCH3 is 2. The van der Waals surface area contributed by atoms with Crippen molar-refractivity contribution in [3.05, 3.63) is 88.0 Å². The van der Waals surface area contributed by atoms with E-state index in [0.717, 1.165) is 23.1 Å². The Morgan fingerprint density at radius 2 is 1.63 bits per heavy atom. The molecule has 0 aliphatic carbocycles. The predicted octanol–water partition coefficient (Wildman–Crippen LogP) is 4.97. The Morgan fingerprint density at radius 3 is 2.26 bits per heavy atom. The molecule has 1 aliphatic rings. The third-order valence-electron chi connectivity index (χ3n) is 5.55. The quantitative estimate of drug-likeness (QED) is 0.291. The number of amides is 1. The van der Waals surface area contributed by atoms with Crippen molar-refractivity contribution in [3.8, 4) is 17.2 Å². The molecule has 0 aromatic heterocycles. The average Bonchev–Trinajstić information content (AvgIpc) is 3.10. The van der Waals surface area contributed by atoms with Gasteiger partial charge < -0.3 is 19.7 Å². The molecule has 0 saturated carbocycles. The van der Waals surface area contributed by atoms with Crippen LogP contribution in [0.25, 0.3) is 5.76 Å². The highest BCUT2D eigenvalue weighted by atomic mass is 35.5. The van der Waals surface area contributed by atoms with Crippen molar-refractivity contribution < 1.29 is 38.1 Å². The normalized spacial score (nSPS) is 17.1. The van der Waals surface area contributed by atoms with Crippen molar-refractivity contribution in [3.63, 3.8) is 0 Å². The summed E-state index contributed by atoms with van der Waals surface area (Å²) in [5.41, 5.74) is -0.696. The SMILES string of the molecule is COc1cc(OC)c(/C(O)=C2\C(=O)C(=O)N(c3cc(F)ccc3F)C2c2ccc(O)cc2)cc1Cl.